The van der Waals surface area contributed by atoms with E-state index in [1.165, 1.54) is 7.11 Å². The van der Waals surface area contributed by atoms with Gasteiger partial charge < -0.3 is 15.5 Å². The summed E-state index contributed by atoms with van der Waals surface area (Å²) < 4.78 is 43.2. The van der Waals surface area contributed by atoms with Gasteiger partial charge in [0.25, 0.3) is 0 Å². The summed E-state index contributed by atoms with van der Waals surface area (Å²) in [5.74, 6) is 0.500. The number of hydrogen-bond donors (Lipinski definition) is 2. The topological polar surface area (TPSA) is 51.0 Å². The fourth-order valence-electron chi connectivity index (χ4n) is 1.81. The molecule has 0 radical (unpaired) electrons. The van der Waals surface area contributed by atoms with Crippen LogP contribution in [-0.2, 0) is 12.7 Å². The first-order valence-electron chi connectivity index (χ1n) is 4.93. The Hall–Kier alpha value is -1.69. The number of nitrogens with two attached hydrogens (primary N) is 1. The van der Waals surface area contributed by atoms with Crippen LogP contribution < -0.4 is 10.5 Å². The molecular weight excluding hydrogens is 233 g/mol. The highest BCUT2D eigenvalue weighted by Gasteiger charge is 2.35. The van der Waals surface area contributed by atoms with Crippen LogP contribution in [0.4, 0.5) is 13.2 Å². The summed E-state index contributed by atoms with van der Waals surface area (Å²) in [6.07, 6.45) is -4.43. The van der Waals surface area contributed by atoms with Crippen LogP contribution in [0.3, 0.4) is 0 Å². The molecule has 1 heterocycles. The molecule has 0 fully saturated rings. The lowest BCUT2D eigenvalue weighted by Crippen LogP contribution is -2.11. The highest BCUT2D eigenvalue weighted by atomic mass is 19.4. The highest BCUT2D eigenvalue weighted by Crippen LogP contribution is 2.36. The van der Waals surface area contributed by atoms with Gasteiger partial charge >= 0.3 is 6.18 Å². The zero-order valence-electron chi connectivity index (χ0n) is 9.06. The summed E-state index contributed by atoms with van der Waals surface area (Å²) in [4.78, 5) is 2.35. The first-order chi connectivity index (χ1) is 7.97. The molecule has 92 valence electrons. The first-order valence-corrected chi connectivity index (χ1v) is 4.93. The number of methoxy groups -OCH3 is 1. The van der Waals surface area contributed by atoms with Crippen LogP contribution >= 0.6 is 0 Å². The third-order valence-corrected chi connectivity index (χ3v) is 2.60. The van der Waals surface area contributed by atoms with Crippen molar-refractivity contribution in [2.75, 3.05) is 7.11 Å². The van der Waals surface area contributed by atoms with Gasteiger partial charge in [0.1, 0.15) is 11.4 Å². The quantitative estimate of drug-likeness (QED) is 0.853. The molecule has 2 rings (SSSR count). The lowest BCUT2D eigenvalue weighted by Gasteiger charge is -2.06. The molecule has 0 aliphatic carbocycles. The second-order valence-electron chi connectivity index (χ2n) is 3.59. The van der Waals surface area contributed by atoms with Gasteiger partial charge in [-0.25, -0.2) is 0 Å². The van der Waals surface area contributed by atoms with Crippen LogP contribution in [-0.4, -0.2) is 12.1 Å². The maximum atomic E-state index is 12.7. The van der Waals surface area contributed by atoms with E-state index in [4.69, 9.17) is 10.5 Å². The van der Waals surface area contributed by atoms with E-state index in [1.807, 2.05) is 0 Å². The molecule has 0 amide bonds. The zero-order valence-corrected chi connectivity index (χ0v) is 9.06. The minimum Gasteiger partial charge on any atom is -0.497 e. The Bertz CT molecular complexity index is 545. The molecule has 1 aromatic carbocycles. The number of benzene rings is 1. The number of hydrogen-bond acceptors (Lipinski definition) is 2. The average molecular weight is 244 g/mol. The largest absolute Gasteiger partial charge is 0.497 e. The minimum atomic E-state index is -4.43. The van der Waals surface area contributed by atoms with Crippen LogP contribution in [0.2, 0.25) is 0 Å². The SMILES string of the molecule is COc1ccc2[nH]c(C(F)(F)F)c(CN)c2c1. The van der Waals surface area contributed by atoms with Crippen molar-refractivity contribution < 1.29 is 17.9 Å². The normalized spacial score (nSPS) is 12.1. The summed E-state index contributed by atoms with van der Waals surface area (Å²) in [5.41, 5.74) is 5.06. The number of halogens is 3. The molecule has 0 atom stereocenters. The smallest absolute Gasteiger partial charge is 0.431 e. The first kappa shape index (κ1) is 11.8. The van der Waals surface area contributed by atoms with Gasteiger partial charge in [0.2, 0.25) is 0 Å². The Balaban J connectivity index is 2.72. The molecule has 2 aromatic rings. The second kappa shape index (κ2) is 3.96. The molecule has 1 aromatic heterocycles. The highest BCUT2D eigenvalue weighted by molar-refractivity contribution is 5.86. The van der Waals surface area contributed by atoms with Gasteiger partial charge in [-0.3, -0.25) is 0 Å². The summed E-state index contributed by atoms with van der Waals surface area (Å²) in [6, 6.07) is 4.69. The number of ether oxygens (including phenoxy) is 1. The number of alkyl halides is 3. The van der Waals surface area contributed by atoms with E-state index in [-0.39, 0.29) is 12.1 Å². The van der Waals surface area contributed by atoms with E-state index in [0.29, 0.717) is 16.7 Å². The van der Waals surface area contributed by atoms with Crippen molar-refractivity contribution in [1.82, 2.24) is 4.98 Å². The van der Waals surface area contributed by atoms with E-state index in [9.17, 15) is 13.2 Å². The van der Waals surface area contributed by atoms with Crippen LogP contribution in [0, 0.1) is 0 Å². The molecule has 6 heteroatoms. The number of H-pyrrole nitrogens is 1. The van der Waals surface area contributed by atoms with E-state index < -0.39 is 11.9 Å². The van der Waals surface area contributed by atoms with Gasteiger partial charge in [0, 0.05) is 23.0 Å². The molecule has 0 aliphatic rings. The van der Waals surface area contributed by atoms with Gasteiger partial charge in [-0.2, -0.15) is 13.2 Å². The fourth-order valence-corrected chi connectivity index (χ4v) is 1.81. The number of rotatable bonds is 2. The van der Waals surface area contributed by atoms with Crippen molar-refractivity contribution in [2.45, 2.75) is 12.7 Å². The van der Waals surface area contributed by atoms with Gasteiger partial charge in [-0.15, -0.1) is 0 Å². The average Bonchev–Trinajstić information content (AvgIpc) is 2.65. The molecule has 3 N–H and O–H groups in total. The minimum absolute atomic E-state index is 0.0615. The van der Waals surface area contributed by atoms with Gasteiger partial charge in [-0.05, 0) is 18.2 Å². The maximum Gasteiger partial charge on any atom is 0.431 e. The monoisotopic (exact) mass is 244 g/mol. The third kappa shape index (κ3) is 1.95. The molecule has 0 spiro atoms. The number of nitrogens with one attached hydrogen (secondary N) is 1. The lowest BCUT2D eigenvalue weighted by atomic mass is 10.1. The molecule has 0 saturated carbocycles. The molecule has 3 nitrogen and oxygen atoms in total. The Morgan fingerprint density at radius 1 is 1.35 bits per heavy atom. The Morgan fingerprint density at radius 2 is 2.06 bits per heavy atom. The van der Waals surface area contributed by atoms with E-state index >= 15 is 0 Å². The van der Waals surface area contributed by atoms with Crippen molar-refractivity contribution >= 4 is 10.9 Å². The predicted octanol–water partition coefficient (Wildman–Crippen LogP) is 2.65. The Labute approximate surface area is 95.4 Å². The third-order valence-electron chi connectivity index (χ3n) is 2.60. The number of fused-ring (bicyclic) bond motifs is 1. The van der Waals surface area contributed by atoms with Crippen molar-refractivity contribution in [3.8, 4) is 5.75 Å². The summed E-state index contributed by atoms with van der Waals surface area (Å²) in [6.45, 7) is -0.179. The maximum absolute atomic E-state index is 12.7. The standard InChI is InChI=1S/C11H11F3N2O/c1-17-6-2-3-9-7(4-6)8(5-15)10(16-9)11(12,13)14/h2-4,16H,5,15H2,1H3. The van der Waals surface area contributed by atoms with Crippen LogP contribution in [0.25, 0.3) is 10.9 Å². The molecule has 0 unspecified atom stereocenters. The fraction of sp³-hybridized carbons (Fsp3) is 0.273. The summed E-state index contributed by atoms with van der Waals surface area (Å²) in [7, 11) is 1.46. The lowest BCUT2D eigenvalue weighted by molar-refractivity contribution is -0.141. The molecule has 0 saturated heterocycles. The van der Waals surface area contributed by atoms with Crippen LogP contribution in [0.15, 0.2) is 18.2 Å². The van der Waals surface area contributed by atoms with E-state index in [1.54, 1.807) is 18.2 Å². The number of aromatic nitrogens is 1. The van der Waals surface area contributed by atoms with Crippen LogP contribution in [0.1, 0.15) is 11.3 Å². The van der Waals surface area contributed by atoms with Crippen molar-refractivity contribution in [1.29, 1.82) is 0 Å². The molecule has 0 bridgehead atoms. The van der Waals surface area contributed by atoms with Crippen molar-refractivity contribution in [3.63, 3.8) is 0 Å². The van der Waals surface area contributed by atoms with Crippen molar-refractivity contribution in [2.24, 2.45) is 5.73 Å². The van der Waals surface area contributed by atoms with Crippen LogP contribution in [0.5, 0.6) is 5.75 Å². The van der Waals surface area contributed by atoms with Gasteiger partial charge in [0.05, 0.1) is 7.11 Å². The molecule has 17 heavy (non-hydrogen) atoms. The molecule has 0 aliphatic heterocycles. The second-order valence-corrected chi connectivity index (χ2v) is 3.59. The zero-order chi connectivity index (χ0) is 12.6. The summed E-state index contributed by atoms with van der Waals surface area (Å²) >= 11 is 0. The number of aromatic amines is 1. The van der Waals surface area contributed by atoms with Gasteiger partial charge in [0.15, 0.2) is 0 Å². The molecular formula is C11H11F3N2O. The van der Waals surface area contributed by atoms with E-state index in [2.05, 4.69) is 4.98 Å². The Kier molecular flexibility index (Phi) is 2.74. The summed E-state index contributed by atoms with van der Waals surface area (Å²) in [5, 5.41) is 0.444. The van der Waals surface area contributed by atoms with Crippen molar-refractivity contribution in [3.05, 3.63) is 29.5 Å². The van der Waals surface area contributed by atoms with Gasteiger partial charge in [-0.1, -0.05) is 0 Å². The predicted molar refractivity (Wildman–Crippen MR) is 57.7 cm³/mol. The van der Waals surface area contributed by atoms with E-state index in [0.717, 1.165) is 0 Å². The Morgan fingerprint density at radius 3 is 2.59 bits per heavy atom.